The van der Waals surface area contributed by atoms with Gasteiger partial charge in [0, 0.05) is 11.3 Å². The molecule has 1 heterocycles. The molecule has 0 aliphatic heterocycles. The van der Waals surface area contributed by atoms with E-state index in [0.717, 1.165) is 6.07 Å². The summed E-state index contributed by atoms with van der Waals surface area (Å²) in [5.74, 6) is -1.18. The van der Waals surface area contributed by atoms with Crippen molar-refractivity contribution < 1.29 is 18.4 Å². The second-order valence-electron chi connectivity index (χ2n) is 5.66. The number of hydrogen-bond acceptors (Lipinski definition) is 4. The number of carbonyl (C=O) groups excluding carboxylic acids is 2. The molecule has 0 saturated carbocycles. The molecule has 2 N–H and O–H groups in total. The summed E-state index contributed by atoms with van der Waals surface area (Å²) in [6.07, 6.45) is 1.42. The maximum Gasteiger partial charge on any atom is 0.291 e. The largest absolute Gasteiger partial charge is 0.459 e. The van der Waals surface area contributed by atoms with Crippen LogP contribution in [0, 0.1) is 5.82 Å². The Kier molecular flexibility index (Phi) is 5.41. The molecule has 6 nitrogen and oxygen atoms in total. The van der Waals surface area contributed by atoms with Gasteiger partial charge in [-0.15, -0.1) is 0 Å². The van der Waals surface area contributed by atoms with Gasteiger partial charge in [-0.1, -0.05) is 18.2 Å². The molecule has 2 aromatic carbocycles. The minimum Gasteiger partial charge on any atom is -0.459 e. The molecule has 27 heavy (non-hydrogen) atoms. The summed E-state index contributed by atoms with van der Waals surface area (Å²) in [4.78, 5) is 24.1. The lowest BCUT2D eigenvalue weighted by Crippen LogP contribution is -2.19. The van der Waals surface area contributed by atoms with E-state index in [-0.39, 0.29) is 17.2 Å². The number of rotatable bonds is 5. The van der Waals surface area contributed by atoms with E-state index in [9.17, 15) is 14.0 Å². The highest BCUT2D eigenvalue weighted by molar-refractivity contribution is 6.04. The molecule has 7 heteroatoms. The Morgan fingerprint density at radius 1 is 0.963 bits per heavy atom. The van der Waals surface area contributed by atoms with Crippen molar-refractivity contribution >= 4 is 23.2 Å². The lowest BCUT2D eigenvalue weighted by molar-refractivity contribution is 0.0953. The predicted octanol–water partition coefficient (Wildman–Crippen LogP) is 3.83. The van der Waals surface area contributed by atoms with Gasteiger partial charge < -0.3 is 9.73 Å². The van der Waals surface area contributed by atoms with Gasteiger partial charge in [0.2, 0.25) is 0 Å². The summed E-state index contributed by atoms with van der Waals surface area (Å²) in [7, 11) is 0. The molecule has 0 unspecified atom stereocenters. The van der Waals surface area contributed by atoms with Crippen LogP contribution in [0.25, 0.3) is 0 Å². The summed E-state index contributed by atoms with van der Waals surface area (Å²) < 4.78 is 18.2. The van der Waals surface area contributed by atoms with Crippen LogP contribution >= 0.6 is 0 Å². The van der Waals surface area contributed by atoms with Crippen molar-refractivity contribution in [1.29, 1.82) is 0 Å². The van der Waals surface area contributed by atoms with Gasteiger partial charge in [0.15, 0.2) is 5.76 Å². The second-order valence-corrected chi connectivity index (χ2v) is 5.66. The van der Waals surface area contributed by atoms with Crippen LogP contribution in [0.2, 0.25) is 0 Å². The number of hydrogen-bond donors (Lipinski definition) is 2. The van der Waals surface area contributed by atoms with Gasteiger partial charge >= 0.3 is 0 Å². The molecular formula is C20H16FN3O3. The summed E-state index contributed by atoms with van der Waals surface area (Å²) in [5.41, 5.74) is 4.34. The molecule has 0 bridgehead atoms. The predicted molar refractivity (Wildman–Crippen MR) is 99.2 cm³/mol. The minimum absolute atomic E-state index is 0.172. The van der Waals surface area contributed by atoms with Crippen molar-refractivity contribution in [1.82, 2.24) is 5.43 Å². The van der Waals surface area contributed by atoms with Crippen molar-refractivity contribution in [2.45, 2.75) is 6.92 Å². The van der Waals surface area contributed by atoms with Crippen molar-refractivity contribution in [3.05, 3.63) is 89.6 Å². The monoisotopic (exact) mass is 365 g/mol. The molecule has 0 fully saturated rings. The van der Waals surface area contributed by atoms with Crippen LogP contribution in [0.5, 0.6) is 0 Å². The summed E-state index contributed by atoms with van der Waals surface area (Å²) in [6, 6.07) is 15.5. The number of benzene rings is 2. The molecule has 0 aliphatic carbocycles. The zero-order valence-electron chi connectivity index (χ0n) is 14.4. The lowest BCUT2D eigenvalue weighted by Gasteiger charge is -2.07. The van der Waals surface area contributed by atoms with Crippen LogP contribution in [0.3, 0.4) is 0 Å². The number of anilines is 1. The number of nitrogens with zero attached hydrogens (tertiary/aromatic N) is 1. The number of halogens is 1. The Morgan fingerprint density at radius 3 is 2.48 bits per heavy atom. The number of nitrogens with one attached hydrogen (secondary N) is 2. The fourth-order valence-corrected chi connectivity index (χ4v) is 2.32. The van der Waals surface area contributed by atoms with Gasteiger partial charge in [0.05, 0.1) is 12.0 Å². The van der Waals surface area contributed by atoms with Crippen molar-refractivity contribution in [3.63, 3.8) is 0 Å². The third kappa shape index (κ3) is 4.66. The topological polar surface area (TPSA) is 83.7 Å². The van der Waals surface area contributed by atoms with Gasteiger partial charge in [-0.05, 0) is 55.0 Å². The maximum atomic E-state index is 13.2. The second kappa shape index (κ2) is 8.09. The molecule has 1 aromatic heterocycles. The average Bonchev–Trinajstić information content (AvgIpc) is 3.21. The zero-order chi connectivity index (χ0) is 19.2. The van der Waals surface area contributed by atoms with E-state index in [1.807, 2.05) is 0 Å². The molecular weight excluding hydrogens is 349 g/mol. The molecule has 0 spiro atoms. The SMILES string of the molecule is C/C(=N\NC(=O)c1cccc(F)c1)c1cccc(NC(=O)c2ccco2)c1. The Morgan fingerprint density at radius 2 is 1.74 bits per heavy atom. The average molecular weight is 365 g/mol. The summed E-state index contributed by atoms with van der Waals surface area (Å²) >= 11 is 0. The van der Waals surface area contributed by atoms with Gasteiger partial charge in [-0.25, -0.2) is 9.82 Å². The zero-order valence-corrected chi connectivity index (χ0v) is 14.4. The third-order valence-corrected chi connectivity index (χ3v) is 3.70. The van der Waals surface area contributed by atoms with E-state index in [0.29, 0.717) is 17.0 Å². The molecule has 136 valence electrons. The highest BCUT2D eigenvalue weighted by atomic mass is 19.1. The summed E-state index contributed by atoms with van der Waals surface area (Å²) in [6.45, 7) is 1.71. The number of furan rings is 1. The molecule has 0 saturated heterocycles. The Bertz CT molecular complexity index is 997. The highest BCUT2D eigenvalue weighted by Gasteiger charge is 2.10. The maximum absolute atomic E-state index is 13.2. The standard InChI is InChI=1S/C20H16FN3O3/c1-13(23-24-19(25)15-6-2-7-16(21)11-15)14-5-3-8-17(12-14)22-20(26)18-9-4-10-27-18/h2-12H,1H3,(H,22,26)(H,24,25)/b23-13+. The first-order chi connectivity index (χ1) is 13.0. The van der Waals surface area contributed by atoms with Crippen molar-refractivity contribution in [2.24, 2.45) is 5.10 Å². The van der Waals surface area contributed by atoms with Crippen LogP contribution in [0.4, 0.5) is 10.1 Å². The molecule has 3 rings (SSSR count). The van der Waals surface area contributed by atoms with Crippen LogP contribution in [-0.4, -0.2) is 17.5 Å². The quantitative estimate of drug-likeness (QED) is 0.532. The normalized spacial score (nSPS) is 11.1. The lowest BCUT2D eigenvalue weighted by atomic mass is 10.1. The van der Waals surface area contributed by atoms with Gasteiger partial charge in [-0.2, -0.15) is 5.10 Å². The highest BCUT2D eigenvalue weighted by Crippen LogP contribution is 2.13. The Labute approximate surface area is 154 Å². The number of carbonyl (C=O) groups is 2. The van der Waals surface area contributed by atoms with Crippen LogP contribution in [0.1, 0.15) is 33.4 Å². The fraction of sp³-hybridized carbons (Fsp3) is 0.0500. The van der Waals surface area contributed by atoms with Crippen LogP contribution < -0.4 is 10.7 Å². The fourth-order valence-electron chi connectivity index (χ4n) is 2.32. The van der Waals surface area contributed by atoms with Crippen molar-refractivity contribution in [2.75, 3.05) is 5.32 Å². The first-order valence-corrected chi connectivity index (χ1v) is 8.08. The summed E-state index contributed by atoms with van der Waals surface area (Å²) in [5, 5.41) is 6.75. The third-order valence-electron chi connectivity index (χ3n) is 3.70. The van der Waals surface area contributed by atoms with Crippen molar-refractivity contribution in [3.8, 4) is 0 Å². The number of amides is 2. The molecule has 0 radical (unpaired) electrons. The first kappa shape index (κ1) is 18.1. The Hall–Kier alpha value is -3.74. The number of hydrazone groups is 1. The first-order valence-electron chi connectivity index (χ1n) is 8.08. The Balaban J connectivity index is 1.69. The molecule has 0 atom stereocenters. The van der Waals surface area contributed by atoms with E-state index in [1.54, 1.807) is 43.3 Å². The van der Waals surface area contributed by atoms with E-state index in [1.165, 1.54) is 24.5 Å². The van der Waals surface area contributed by atoms with Gasteiger partial charge in [-0.3, -0.25) is 9.59 Å². The minimum atomic E-state index is -0.517. The smallest absolute Gasteiger partial charge is 0.291 e. The van der Waals surface area contributed by atoms with Crippen LogP contribution in [-0.2, 0) is 0 Å². The van der Waals surface area contributed by atoms with E-state index >= 15 is 0 Å². The van der Waals surface area contributed by atoms with E-state index in [2.05, 4.69) is 15.8 Å². The molecule has 0 aliphatic rings. The molecule has 3 aromatic rings. The van der Waals surface area contributed by atoms with E-state index in [4.69, 9.17) is 4.42 Å². The van der Waals surface area contributed by atoms with Gasteiger partial charge in [0.25, 0.3) is 11.8 Å². The van der Waals surface area contributed by atoms with E-state index < -0.39 is 11.7 Å². The van der Waals surface area contributed by atoms with Gasteiger partial charge in [0.1, 0.15) is 5.82 Å². The van der Waals surface area contributed by atoms with Crippen LogP contribution in [0.15, 0.2) is 76.4 Å². The molecule has 2 amide bonds.